The Labute approximate surface area is 98.5 Å². The highest BCUT2D eigenvalue weighted by Gasteiger charge is 2.22. The minimum absolute atomic E-state index is 0. The predicted octanol–water partition coefficient (Wildman–Crippen LogP) is 1.28. The van der Waals surface area contributed by atoms with E-state index >= 15 is 0 Å². The molecule has 15 heavy (non-hydrogen) atoms. The van der Waals surface area contributed by atoms with Gasteiger partial charge >= 0.3 is 0 Å². The topological polar surface area (TPSA) is 42.0 Å². The zero-order valence-corrected chi connectivity index (χ0v) is 10.2. The molecule has 0 amide bonds. The molecule has 1 aliphatic rings. The number of pyridine rings is 1. The Bertz CT molecular complexity index is 353. The zero-order chi connectivity index (χ0) is 9.97. The van der Waals surface area contributed by atoms with Crippen molar-refractivity contribution in [3.05, 3.63) is 23.9 Å². The molecule has 0 saturated carbocycles. The van der Waals surface area contributed by atoms with Gasteiger partial charge in [0.2, 0.25) is 0 Å². The molecule has 1 aromatic heterocycles. The molecule has 0 bridgehead atoms. The normalized spacial score (nSPS) is 22.1. The molecule has 2 rings (SSSR count). The van der Waals surface area contributed by atoms with E-state index in [0.29, 0.717) is 0 Å². The first-order valence-corrected chi connectivity index (χ1v) is 6.02. The number of aromatic nitrogens is 1. The Morgan fingerprint density at radius 2 is 2.40 bits per heavy atom. The summed E-state index contributed by atoms with van der Waals surface area (Å²) in [7, 11) is -0.943. The fourth-order valence-electron chi connectivity index (χ4n) is 1.60. The zero-order valence-electron chi connectivity index (χ0n) is 8.60. The number of nitrogens with zero attached hydrogens (tertiary/aromatic N) is 1. The Kier molecular flexibility index (Phi) is 4.70. The van der Waals surface area contributed by atoms with Gasteiger partial charge in [-0.15, -0.1) is 12.4 Å². The van der Waals surface area contributed by atoms with Gasteiger partial charge in [-0.2, -0.15) is 0 Å². The summed E-state index contributed by atoms with van der Waals surface area (Å²) in [6.07, 6.45) is 2.72. The summed E-state index contributed by atoms with van der Waals surface area (Å²) in [5.74, 6) is 0. The van der Waals surface area contributed by atoms with Gasteiger partial charge in [0.1, 0.15) is 5.03 Å². The molecule has 0 spiro atoms. The standard InChI is InChI=1S/C10H14N2OS.ClH/c1-8-2-5-12-10(6-8)14(13)9-3-4-11-7-9;/h2,5-6,9,11H,3-4,7H2,1H3;1H/t9-,14?;/m0./s1. The smallest absolute Gasteiger partial charge is 0.127 e. The number of aryl methyl sites for hydroxylation is 1. The molecule has 1 saturated heterocycles. The molecule has 1 aromatic rings. The lowest BCUT2D eigenvalue weighted by molar-refractivity contribution is 0.669. The van der Waals surface area contributed by atoms with Crippen LogP contribution in [0.4, 0.5) is 0 Å². The van der Waals surface area contributed by atoms with Crippen LogP contribution in [-0.2, 0) is 10.8 Å². The lowest BCUT2D eigenvalue weighted by atomic mass is 10.3. The molecule has 3 nitrogen and oxygen atoms in total. The summed E-state index contributed by atoms with van der Waals surface area (Å²) in [5, 5.41) is 4.18. The maximum absolute atomic E-state index is 12.0. The maximum atomic E-state index is 12.0. The molecule has 1 unspecified atom stereocenters. The van der Waals surface area contributed by atoms with Crippen LogP contribution in [0.15, 0.2) is 23.4 Å². The van der Waals surface area contributed by atoms with Crippen LogP contribution < -0.4 is 5.32 Å². The highest BCUT2D eigenvalue weighted by atomic mass is 35.5. The van der Waals surface area contributed by atoms with Gasteiger partial charge in [-0.25, -0.2) is 4.98 Å². The van der Waals surface area contributed by atoms with Gasteiger partial charge in [0.25, 0.3) is 0 Å². The van der Waals surface area contributed by atoms with Crippen LogP contribution in [0.1, 0.15) is 12.0 Å². The predicted molar refractivity (Wildman–Crippen MR) is 63.9 cm³/mol. The molecule has 0 aliphatic carbocycles. The number of halogens is 1. The third kappa shape index (κ3) is 3.00. The van der Waals surface area contributed by atoms with Crippen molar-refractivity contribution >= 4 is 23.2 Å². The maximum Gasteiger partial charge on any atom is 0.127 e. The molecular formula is C10H15ClN2OS. The van der Waals surface area contributed by atoms with Crippen LogP contribution in [-0.4, -0.2) is 27.5 Å². The Balaban J connectivity index is 0.00000112. The summed E-state index contributed by atoms with van der Waals surface area (Å²) in [6.45, 7) is 3.82. The largest absolute Gasteiger partial charge is 0.315 e. The molecule has 1 N–H and O–H groups in total. The average Bonchev–Trinajstić information content (AvgIpc) is 2.69. The second-order valence-corrected chi connectivity index (χ2v) is 5.26. The Hall–Kier alpha value is -0.450. The molecule has 0 aromatic carbocycles. The SMILES string of the molecule is Cc1ccnc(S(=O)[C@H]2CCNC2)c1.Cl. The molecule has 5 heteroatoms. The first-order chi connectivity index (χ1) is 6.77. The number of rotatable bonds is 2. The van der Waals surface area contributed by atoms with Gasteiger partial charge in [0.15, 0.2) is 0 Å². The van der Waals surface area contributed by atoms with E-state index in [4.69, 9.17) is 0 Å². The van der Waals surface area contributed by atoms with E-state index in [1.165, 1.54) is 0 Å². The molecule has 2 heterocycles. The second kappa shape index (κ2) is 5.58. The fourth-order valence-corrected chi connectivity index (χ4v) is 3.01. The molecule has 84 valence electrons. The van der Waals surface area contributed by atoms with Crippen LogP contribution in [0.25, 0.3) is 0 Å². The Morgan fingerprint density at radius 3 is 3.00 bits per heavy atom. The summed E-state index contributed by atoms with van der Waals surface area (Å²) >= 11 is 0. The number of hydrogen-bond donors (Lipinski definition) is 1. The molecular weight excluding hydrogens is 232 g/mol. The van der Waals surface area contributed by atoms with E-state index in [1.807, 2.05) is 19.1 Å². The van der Waals surface area contributed by atoms with E-state index < -0.39 is 10.8 Å². The molecule has 2 atom stereocenters. The van der Waals surface area contributed by atoms with E-state index in [9.17, 15) is 4.21 Å². The van der Waals surface area contributed by atoms with Crippen LogP contribution in [0.5, 0.6) is 0 Å². The second-order valence-electron chi connectivity index (χ2n) is 3.58. The molecule has 1 aliphatic heterocycles. The van der Waals surface area contributed by atoms with Gasteiger partial charge in [0.05, 0.1) is 16.0 Å². The summed E-state index contributed by atoms with van der Waals surface area (Å²) in [6, 6.07) is 3.84. The molecule has 1 fully saturated rings. The van der Waals surface area contributed by atoms with E-state index in [0.717, 1.165) is 30.1 Å². The van der Waals surface area contributed by atoms with Crippen molar-refractivity contribution in [2.75, 3.05) is 13.1 Å². The van der Waals surface area contributed by atoms with Crippen LogP contribution >= 0.6 is 12.4 Å². The summed E-state index contributed by atoms with van der Waals surface area (Å²) in [4.78, 5) is 4.16. The van der Waals surface area contributed by atoms with Crippen molar-refractivity contribution in [3.8, 4) is 0 Å². The minimum Gasteiger partial charge on any atom is -0.315 e. The quantitative estimate of drug-likeness (QED) is 0.855. The van der Waals surface area contributed by atoms with Crippen LogP contribution in [0, 0.1) is 6.92 Å². The monoisotopic (exact) mass is 246 g/mol. The first kappa shape index (κ1) is 12.6. The van der Waals surface area contributed by atoms with Crippen LogP contribution in [0.3, 0.4) is 0 Å². The number of hydrogen-bond acceptors (Lipinski definition) is 3. The lowest BCUT2D eigenvalue weighted by Crippen LogP contribution is -2.19. The highest BCUT2D eigenvalue weighted by Crippen LogP contribution is 2.14. The van der Waals surface area contributed by atoms with E-state index in [1.54, 1.807) is 6.20 Å². The van der Waals surface area contributed by atoms with Crippen molar-refractivity contribution in [2.24, 2.45) is 0 Å². The highest BCUT2D eigenvalue weighted by molar-refractivity contribution is 7.85. The molecule has 0 radical (unpaired) electrons. The van der Waals surface area contributed by atoms with Gasteiger partial charge in [-0.1, -0.05) is 0 Å². The van der Waals surface area contributed by atoms with Gasteiger partial charge in [0, 0.05) is 12.7 Å². The van der Waals surface area contributed by atoms with Crippen molar-refractivity contribution < 1.29 is 4.21 Å². The van der Waals surface area contributed by atoms with Crippen molar-refractivity contribution in [3.63, 3.8) is 0 Å². The minimum atomic E-state index is -0.943. The fraction of sp³-hybridized carbons (Fsp3) is 0.500. The summed E-state index contributed by atoms with van der Waals surface area (Å²) < 4.78 is 12.0. The van der Waals surface area contributed by atoms with Crippen molar-refractivity contribution in [1.82, 2.24) is 10.3 Å². The van der Waals surface area contributed by atoms with E-state index in [-0.39, 0.29) is 17.7 Å². The lowest BCUT2D eigenvalue weighted by Gasteiger charge is -2.07. The number of nitrogens with one attached hydrogen (secondary N) is 1. The Morgan fingerprint density at radius 1 is 1.60 bits per heavy atom. The van der Waals surface area contributed by atoms with Gasteiger partial charge in [-0.05, 0) is 37.6 Å². The van der Waals surface area contributed by atoms with Crippen LogP contribution in [0.2, 0.25) is 0 Å². The van der Waals surface area contributed by atoms with E-state index in [2.05, 4.69) is 10.3 Å². The van der Waals surface area contributed by atoms with Gasteiger partial charge < -0.3 is 5.32 Å². The van der Waals surface area contributed by atoms with Gasteiger partial charge in [-0.3, -0.25) is 4.21 Å². The van der Waals surface area contributed by atoms with Crippen molar-refractivity contribution in [2.45, 2.75) is 23.6 Å². The average molecular weight is 247 g/mol. The third-order valence-corrected chi connectivity index (χ3v) is 4.06. The third-order valence-electron chi connectivity index (χ3n) is 2.41. The van der Waals surface area contributed by atoms with Crippen molar-refractivity contribution in [1.29, 1.82) is 0 Å². The first-order valence-electron chi connectivity index (χ1n) is 4.81. The summed E-state index contributed by atoms with van der Waals surface area (Å²) in [5.41, 5.74) is 1.12.